The predicted molar refractivity (Wildman–Crippen MR) is 74.9 cm³/mol. The van der Waals surface area contributed by atoms with Crippen LogP contribution < -0.4 is 10.5 Å². The van der Waals surface area contributed by atoms with Gasteiger partial charge in [0.15, 0.2) is 0 Å². The number of hydrogen-bond donors (Lipinski definition) is 1. The normalized spacial score (nSPS) is 10.8. The van der Waals surface area contributed by atoms with Gasteiger partial charge in [0.05, 0.1) is 10.2 Å². The predicted octanol–water partition coefficient (Wildman–Crippen LogP) is 2.92. The fourth-order valence-electron chi connectivity index (χ4n) is 1.89. The molecule has 1 aromatic heterocycles. The Labute approximate surface area is 119 Å². The van der Waals surface area contributed by atoms with Gasteiger partial charge in [-0.05, 0) is 54.0 Å². The lowest BCUT2D eigenvalue weighted by Crippen LogP contribution is -2.05. The second-order valence-corrected chi connectivity index (χ2v) is 5.06. The quantitative estimate of drug-likeness (QED) is 0.939. The van der Waals surface area contributed by atoms with Crippen molar-refractivity contribution in [1.29, 1.82) is 0 Å². The minimum absolute atomic E-state index is 0.323. The molecule has 4 nitrogen and oxygen atoms in total. The van der Waals surface area contributed by atoms with Gasteiger partial charge >= 0.3 is 0 Å². The molecule has 19 heavy (non-hydrogen) atoms. The van der Waals surface area contributed by atoms with Crippen molar-refractivity contribution in [3.05, 3.63) is 39.7 Å². The first-order chi connectivity index (χ1) is 9.02. The molecule has 0 spiro atoms. The van der Waals surface area contributed by atoms with Gasteiger partial charge in [-0.3, -0.25) is 0 Å². The lowest BCUT2D eigenvalue weighted by atomic mass is 10.2. The molecular weight excluding hydrogens is 313 g/mol. The summed E-state index contributed by atoms with van der Waals surface area (Å²) in [7, 11) is 1.81. The first kappa shape index (κ1) is 14.0. The summed E-state index contributed by atoms with van der Waals surface area (Å²) in [5.74, 6) is 0.867. The average molecular weight is 328 g/mol. The molecule has 0 aliphatic carbocycles. The highest BCUT2D eigenvalue weighted by Crippen LogP contribution is 2.29. The maximum Gasteiger partial charge on any atom is 0.221 e. The van der Waals surface area contributed by atoms with Crippen molar-refractivity contribution in [3.8, 4) is 11.6 Å². The molecule has 0 saturated carbocycles. The van der Waals surface area contributed by atoms with E-state index in [0.29, 0.717) is 29.1 Å². The number of aromatic nitrogens is 2. The minimum atomic E-state index is -0.323. The molecular formula is C13H15BrFN3O. The van der Waals surface area contributed by atoms with Gasteiger partial charge in [-0.2, -0.15) is 5.10 Å². The van der Waals surface area contributed by atoms with Gasteiger partial charge in [0.25, 0.3) is 0 Å². The van der Waals surface area contributed by atoms with Crippen molar-refractivity contribution in [2.45, 2.75) is 13.3 Å². The summed E-state index contributed by atoms with van der Waals surface area (Å²) in [4.78, 5) is 0. The van der Waals surface area contributed by atoms with Crippen molar-refractivity contribution < 1.29 is 9.13 Å². The average Bonchev–Trinajstić information content (AvgIpc) is 2.61. The molecule has 0 fully saturated rings. The Morgan fingerprint density at radius 2 is 2.21 bits per heavy atom. The molecule has 0 bridgehead atoms. The van der Waals surface area contributed by atoms with Crippen molar-refractivity contribution in [2.24, 2.45) is 12.8 Å². The third-order valence-corrected chi connectivity index (χ3v) is 3.40. The van der Waals surface area contributed by atoms with Crippen LogP contribution in [-0.2, 0) is 13.5 Å². The van der Waals surface area contributed by atoms with Crippen molar-refractivity contribution in [2.75, 3.05) is 6.54 Å². The van der Waals surface area contributed by atoms with Crippen LogP contribution in [0.4, 0.5) is 4.39 Å². The Morgan fingerprint density at radius 1 is 1.47 bits per heavy atom. The number of nitrogens with zero attached hydrogens (tertiary/aromatic N) is 2. The van der Waals surface area contributed by atoms with Crippen LogP contribution in [0.1, 0.15) is 11.3 Å². The summed E-state index contributed by atoms with van der Waals surface area (Å²) >= 11 is 3.13. The first-order valence-electron chi connectivity index (χ1n) is 5.88. The van der Waals surface area contributed by atoms with Crippen LogP contribution in [0, 0.1) is 12.7 Å². The number of rotatable bonds is 4. The highest BCUT2D eigenvalue weighted by atomic mass is 79.9. The fraction of sp³-hybridized carbons (Fsp3) is 0.308. The maximum atomic E-state index is 13.2. The topological polar surface area (TPSA) is 53.1 Å². The van der Waals surface area contributed by atoms with Crippen LogP contribution in [0.15, 0.2) is 22.7 Å². The number of hydrogen-bond acceptors (Lipinski definition) is 3. The van der Waals surface area contributed by atoms with E-state index in [2.05, 4.69) is 21.0 Å². The van der Waals surface area contributed by atoms with Gasteiger partial charge in [-0.15, -0.1) is 0 Å². The van der Waals surface area contributed by atoms with E-state index in [1.165, 1.54) is 6.07 Å². The van der Waals surface area contributed by atoms with E-state index in [1.54, 1.807) is 23.9 Å². The van der Waals surface area contributed by atoms with Gasteiger partial charge in [0.1, 0.15) is 11.6 Å². The molecule has 102 valence electrons. The van der Waals surface area contributed by atoms with Crippen LogP contribution in [0.5, 0.6) is 11.6 Å². The molecule has 0 amide bonds. The Morgan fingerprint density at radius 3 is 2.84 bits per heavy atom. The van der Waals surface area contributed by atoms with E-state index < -0.39 is 0 Å². The Bertz CT molecular complexity index is 598. The first-order valence-corrected chi connectivity index (χ1v) is 6.67. The standard InChI is InChI=1S/C13H15BrFN3O/c1-8-10(5-6-16)13(18(2)17-8)19-9-3-4-12(15)11(14)7-9/h3-4,7H,5-6,16H2,1-2H3. The largest absolute Gasteiger partial charge is 0.439 e. The molecule has 0 saturated heterocycles. The molecule has 0 unspecified atom stereocenters. The Balaban J connectivity index is 2.34. The van der Waals surface area contributed by atoms with E-state index in [9.17, 15) is 4.39 Å². The van der Waals surface area contributed by atoms with Crippen LogP contribution in [0.2, 0.25) is 0 Å². The zero-order valence-corrected chi connectivity index (χ0v) is 12.4. The van der Waals surface area contributed by atoms with Crippen LogP contribution in [-0.4, -0.2) is 16.3 Å². The van der Waals surface area contributed by atoms with E-state index in [-0.39, 0.29) is 5.82 Å². The molecule has 0 radical (unpaired) electrons. The van der Waals surface area contributed by atoms with Crippen molar-refractivity contribution in [1.82, 2.24) is 9.78 Å². The fourth-order valence-corrected chi connectivity index (χ4v) is 2.25. The summed E-state index contributed by atoms with van der Waals surface area (Å²) in [6.07, 6.45) is 0.692. The second-order valence-electron chi connectivity index (χ2n) is 4.21. The maximum absolute atomic E-state index is 13.2. The number of halogens is 2. The number of aryl methyl sites for hydroxylation is 2. The monoisotopic (exact) mass is 327 g/mol. The molecule has 0 aliphatic heterocycles. The van der Waals surface area contributed by atoms with Gasteiger partial charge in [-0.1, -0.05) is 0 Å². The van der Waals surface area contributed by atoms with Gasteiger partial charge in [-0.25, -0.2) is 9.07 Å². The Hall–Kier alpha value is -1.40. The van der Waals surface area contributed by atoms with Gasteiger partial charge < -0.3 is 10.5 Å². The molecule has 2 aromatic rings. The third-order valence-electron chi connectivity index (χ3n) is 2.79. The van der Waals surface area contributed by atoms with E-state index in [4.69, 9.17) is 10.5 Å². The molecule has 6 heteroatoms. The van der Waals surface area contributed by atoms with Crippen LogP contribution in [0.3, 0.4) is 0 Å². The van der Waals surface area contributed by atoms with Gasteiger partial charge in [0.2, 0.25) is 5.88 Å². The highest BCUT2D eigenvalue weighted by Gasteiger charge is 2.15. The minimum Gasteiger partial charge on any atom is -0.439 e. The Kier molecular flexibility index (Phi) is 4.21. The zero-order valence-electron chi connectivity index (χ0n) is 10.8. The number of ether oxygens (including phenoxy) is 1. The lowest BCUT2D eigenvalue weighted by Gasteiger charge is -2.09. The number of benzene rings is 1. The van der Waals surface area contributed by atoms with Crippen LogP contribution >= 0.6 is 15.9 Å². The smallest absolute Gasteiger partial charge is 0.221 e. The van der Waals surface area contributed by atoms with Crippen molar-refractivity contribution >= 4 is 15.9 Å². The van der Waals surface area contributed by atoms with Crippen LogP contribution in [0.25, 0.3) is 0 Å². The summed E-state index contributed by atoms with van der Waals surface area (Å²) < 4.78 is 21.0. The van der Waals surface area contributed by atoms with E-state index in [1.807, 2.05) is 6.92 Å². The highest BCUT2D eigenvalue weighted by molar-refractivity contribution is 9.10. The number of nitrogens with two attached hydrogens (primary N) is 1. The third kappa shape index (κ3) is 2.96. The lowest BCUT2D eigenvalue weighted by molar-refractivity contribution is 0.424. The summed E-state index contributed by atoms with van der Waals surface area (Å²) in [5, 5.41) is 4.32. The second kappa shape index (κ2) is 5.71. The molecule has 1 aromatic carbocycles. The summed E-state index contributed by atoms with van der Waals surface area (Å²) in [6, 6.07) is 4.52. The van der Waals surface area contributed by atoms with E-state index in [0.717, 1.165) is 11.3 Å². The summed E-state index contributed by atoms with van der Waals surface area (Å²) in [6.45, 7) is 2.44. The molecule has 2 rings (SSSR count). The van der Waals surface area contributed by atoms with E-state index >= 15 is 0 Å². The molecule has 2 N–H and O–H groups in total. The summed E-state index contributed by atoms with van der Waals surface area (Å²) in [5.41, 5.74) is 7.47. The SMILES string of the molecule is Cc1nn(C)c(Oc2ccc(F)c(Br)c2)c1CCN. The zero-order chi connectivity index (χ0) is 14.0. The molecule has 1 heterocycles. The molecule has 0 aliphatic rings. The van der Waals surface area contributed by atoms with Gasteiger partial charge in [0, 0.05) is 12.6 Å². The molecule has 0 atom stereocenters. The van der Waals surface area contributed by atoms with Crippen molar-refractivity contribution in [3.63, 3.8) is 0 Å².